The number of β-amino-alcohol motifs (C(OH)–C–C–N with tert-alkyl or cyclic N) is 1. The molecule has 0 bridgehead atoms. The van der Waals surface area contributed by atoms with Crippen molar-refractivity contribution in [3.8, 4) is 0 Å². The minimum absolute atomic E-state index is 0.185. The SMILES string of the molecule is Cc1ccc(F)cc1CN1CC[C@H](O)C1. The van der Waals surface area contributed by atoms with E-state index in [1.807, 2.05) is 6.92 Å². The van der Waals surface area contributed by atoms with Crippen LogP contribution in [0.5, 0.6) is 0 Å². The van der Waals surface area contributed by atoms with Crippen molar-refractivity contribution >= 4 is 0 Å². The lowest BCUT2D eigenvalue weighted by Crippen LogP contribution is -2.22. The van der Waals surface area contributed by atoms with Gasteiger partial charge in [0.25, 0.3) is 0 Å². The Hall–Kier alpha value is -0.930. The first-order valence-corrected chi connectivity index (χ1v) is 5.30. The zero-order valence-corrected chi connectivity index (χ0v) is 8.91. The summed E-state index contributed by atoms with van der Waals surface area (Å²) in [6.45, 7) is 4.33. The van der Waals surface area contributed by atoms with Crippen molar-refractivity contribution in [2.75, 3.05) is 13.1 Å². The Morgan fingerprint density at radius 3 is 3.00 bits per heavy atom. The maximum Gasteiger partial charge on any atom is 0.123 e. The van der Waals surface area contributed by atoms with Gasteiger partial charge in [-0.25, -0.2) is 4.39 Å². The number of halogens is 1. The molecule has 1 atom stereocenters. The molecule has 0 aliphatic carbocycles. The molecule has 0 radical (unpaired) electrons. The van der Waals surface area contributed by atoms with E-state index in [9.17, 15) is 9.50 Å². The molecule has 1 heterocycles. The summed E-state index contributed by atoms with van der Waals surface area (Å²) in [6, 6.07) is 4.87. The van der Waals surface area contributed by atoms with Crippen molar-refractivity contribution in [3.63, 3.8) is 0 Å². The van der Waals surface area contributed by atoms with Gasteiger partial charge in [-0.1, -0.05) is 6.07 Å². The van der Waals surface area contributed by atoms with Crippen molar-refractivity contribution in [3.05, 3.63) is 35.1 Å². The van der Waals surface area contributed by atoms with E-state index in [1.54, 1.807) is 12.1 Å². The van der Waals surface area contributed by atoms with Gasteiger partial charge in [-0.15, -0.1) is 0 Å². The highest BCUT2D eigenvalue weighted by Crippen LogP contribution is 2.16. The lowest BCUT2D eigenvalue weighted by atomic mass is 10.1. The molecule has 0 unspecified atom stereocenters. The molecule has 1 aromatic rings. The van der Waals surface area contributed by atoms with Crippen molar-refractivity contribution < 1.29 is 9.50 Å². The van der Waals surface area contributed by atoms with Gasteiger partial charge in [-0.2, -0.15) is 0 Å². The van der Waals surface area contributed by atoms with Crippen LogP contribution in [-0.2, 0) is 6.54 Å². The molecule has 1 N–H and O–H groups in total. The molecular formula is C12H16FNO. The third-order valence-corrected chi connectivity index (χ3v) is 2.95. The number of aliphatic hydroxyl groups is 1. The fraction of sp³-hybridized carbons (Fsp3) is 0.500. The second kappa shape index (κ2) is 4.29. The highest BCUT2D eigenvalue weighted by Gasteiger charge is 2.20. The summed E-state index contributed by atoms with van der Waals surface area (Å²) in [4.78, 5) is 2.16. The third-order valence-electron chi connectivity index (χ3n) is 2.95. The molecule has 1 aromatic carbocycles. The predicted molar refractivity (Wildman–Crippen MR) is 57.0 cm³/mol. The van der Waals surface area contributed by atoms with Crippen LogP contribution in [0.3, 0.4) is 0 Å². The van der Waals surface area contributed by atoms with E-state index >= 15 is 0 Å². The van der Waals surface area contributed by atoms with Gasteiger partial charge in [-0.3, -0.25) is 4.90 Å². The molecule has 2 rings (SSSR count). The smallest absolute Gasteiger partial charge is 0.123 e. The number of nitrogens with zero attached hydrogens (tertiary/aromatic N) is 1. The normalized spacial score (nSPS) is 22.2. The zero-order chi connectivity index (χ0) is 10.8. The number of aliphatic hydroxyl groups excluding tert-OH is 1. The highest BCUT2D eigenvalue weighted by atomic mass is 19.1. The van der Waals surface area contributed by atoms with Crippen LogP contribution in [0.25, 0.3) is 0 Å². The van der Waals surface area contributed by atoms with E-state index in [-0.39, 0.29) is 11.9 Å². The first-order valence-electron chi connectivity index (χ1n) is 5.30. The summed E-state index contributed by atoms with van der Waals surface area (Å²) in [6.07, 6.45) is 0.618. The Kier molecular flexibility index (Phi) is 3.03. The van der Waals surface area contributed by atoms with Crippen LogP contribution >= 0.6 is 0 Å². The summed E-state index contributed by atoms with van der Waals surface area (Å²) >= 11 is 0. The molecule has 1 saturated heterocycles. The van der Waals surface area contributed by atoms with Crippen LogP contribution in [0, 0.1) is 12.7 Å². The summed E-state index contributed by atoms with van der Waals surface area (Å²) in [7, 11) is 0. The summed E-state index contributed by atoms with van der Waals surface area (Å²) < 4.78 is 13.0. The second-order valence-corrected chi connectivity index (χ2v) is 4.25. The van der Waals surface area contributed by atoms with Crippen LogP contribution in [0.2, 0.25) is 0 Å². The van der Waals surface area contributed by atoms with Gasteiger partial charge in [0, 0.05) is 19.6 Å². The minimum Gasteiger partial charge on any atom is -0.392 e. The van der Waals surface area contributed by atoms with Gasteiger partial charge in [0.2, 0.25) is 0 Å². The molecule has 0 aromatic heterocycles. The number of likely N-dealkylation sites (tertiary alicyclic amines) is 1. The molecule has 2 nitrogen and oxygen atoms in total. The number of rotatable bonds is 2. The van der Waals surface area contributed by atoms with E-state index in [4.69, 9.17) is 0 Å². The first-order chi connectivity index (χ1) is 7.15. The quantitative estimate of drug-likeness (QED) is 0.801. The first kappa shape index (κ1) is 10.6. The molecule has 15 heavy (non-hydrogen) atoms. The van der Waals surface area contributed by atoms with Crippen molar-refractivity contribution in [2.45, 2.75) is 26.0 Å². The Balaban J connectivity index is 2.07. The molecule has 0 spiro atoms. The predicted octanol–water partition coefficient (Wildman–Crippen LogP) is 1.70. The Morgan fingerprint density at radius 1 is 1.53 bits per heavy atom. The average Bonchev–Trinajstić information content (AvgIpc) is 2.58. The summed E-state index contributed by atoms with van der Waals surface area (Å²) in [5.41, 5.74) is 2.13. The van der Waals surface area contributed by atoms with Crippen LogP contribution in [0.1, 0.15) is 17.5 Å². The lowest BCUT2D eigenvalue weighted by Gasteiger charge is -2.16. The van der Waals surface area contributed by atoms with Crippen LogP contribution < -0.4 is 0 Å². The van der Waals surface area contributed by atoms with Crippen molar-refractivity contribution in [1.29, 1.82) is 0 Å². The molecule has 1 aliphatic rings. The lowest BCUT2D eigenvalue weighted by molar-refractivity contribution is 0.174. The largest absolute Gasteiger partial charge is 0.392 e. The van der Waals surface area contributed by atoms with Gasteiger partial charge in [0.05, 0.1) is 6.10 Å². The van der Waals surface area contributed by atoms with E-state index in [0.717, 1.165) is 30.6 Å². The van der Waals surface area contributed by atoms with Crippen LogP contribution in [0.4, 0.5) is 4.39 Å². The number of hydrogen-bond acceptors (Lipinski definition) is 2. The summed E-state index contributed by atoms with van der Waals surface area (Å²) in [5, 5.41) is 9.39. The second-order valence-electron chi connectivity index (χ2n) is 4.25. The monoisotopic (exact) mass is 209 g/mol. The number of hydrogen-bond donors (Lipinski definition) is 1. The van der Waals surface area contributed by atoms with E-state index in [1.165, 1.54) is 6.07 Å². The Labute approximate surface area is 89.3 Å². The number of aryl methyl sites for hydroxylation is 1. The van der Waals surface area contributed by atoms with Gasteiger partial charge in [0.1, 0.15) is 5.82 Å². The number of benzene rings is 1. The fourth-order valence-electron chi connectivity index (χ4n) is 2.01. The van der Waals surface area contributed by atoms with E-state index < -0.39 is 0 Å². The van der Waals surface area contributed by atoms with Gasteiger partial charge < -0.3 is 5.11 Å². The Bertz CT molecular complexity index is 353. The van der Waals surface area contributed by atoms with E-state index in [2.05, 4.69) is 4.90 Å². The van der Waals surface area contributed by atoms with Crippen LogP contribution in [0.15, 0.2) is 18.2 Å². The minimum atomic E-state index is -0.209. The standard InChI is InChI=1S/C12H16FNO/c1-9-2-3-11(13)6-10(9)7-14-5-4-12(15)8-14/h2-3,6,12,15H,4-5,7-8H2,1H3/t12-/m0/s1. The topological polar surface area (TPSA) is 23.5 Å². The third kappa shape index (κ3) is 2.55. The highest BCUT2D eigenvalue weighted by molar-refractivity contribution is 5.26. The fourth-order valence-corrected chi connectivity index (χ4v) is 2.01. The van der Waals surface area contributed by atoms with E-state index in [0.29, 0.717) is 6.54 Å². The van der Waals surface area contributed by atoms with Gasteiger partial charge in [0.15, 0.2) is 0 Å². The zero-order valence-electron chi connectivity index (χ0n) is 8.91. The van der Waals surface area contributed by atoms with Crippen molar-refractivity contribution in [1.82, 2.24) is 4.90 Å². The maximum atomic E-state index is 13.0. The Morgan fingerprint density at radius 2 is 2.33 bits per heavy atom. The van der Waals surface area contributed by atoms with Gasteiger partial charge in [-0.05, 0) is 36.6 Å². The molecular weight excluding hydrogens is 193 g/mol. The molecule has 1 aliphatic heterocycles. The summed E-state index contributed by atoms with van der Waals surface area (Å²) in [5.74, 6) is -0.185. The maximum absolute atomic E-state index is 13.0. The molecule has 1 fully saturated rings. The molecule has 0 amide bonds. The molecule has 82 valence electrons. The van der Waals surface area contributed by atoms with Crippen LogP contribution in [-0.4, -0.2) is 29.2 Å². The molecule has 3 heteroatoms. The average molecular weight is 209 g/mol. The van der Waals surface area contributed by atoms with Crippen molar-refractivity contribution in [2.24, 2.45) is 0 Å². The molecule has 0 saturated carbocycles. The van der Waals surface area contributed by atoms with Gasteiger partial charge >= 0.3 is 0 Å².